The summed E-state index contributed by atoms with van der Waals surface area (Å²) >= 11 is 0. The molecule has 1 unspecified atom stereocenters. The molecule has 1 heterocycles. The molecule has 0 aliphatic heterocycles. The van der Waals surface area contributed by atoms with Crippen LogP contribution in [0, 0.1) is 0 Å². The Balaban J connectivity index is 2.18. The van der Waals surface area contributed by atoms with Crippen LogP contribution in [0.2, 0.25) is 0 Å². The highest BCUT2D eigenvalue weighted by atomic mass is 16.5. The molecule has 0 bridgehead atoms. The van der Waals surface area contributed by atoms with Gasteiger partial charge in [-0.15, -0.1) is 0 Å². The Bertz CT molecular complexity index is 481. The minimum absolute atomic E-state index is 0.290. The maximum Gasteiger partial charge on any atom is 0.0649 e. The van der Waals surface area contributed by atoms with Gasteiger partial charge in [0.25, 0.3) is 0 Å². The number of hydrogen-bond donors (Lipinski definition) is 1. The predicted octanol–water partition coefficient (Wildman–Crippen LogP) is 2.56. The first kappa shape index (κ1) is 13.8. The fourth-order valence-electron chi connectivity index (χ4n) is 2.23. The molecule has 0 aliphatic rings. The number of nitrogens with one attached hydrogen (secondary N) is 1. The van der Waals surface area contributed by atoms with Crippen LogP contribution in [0.3, 0.4) is 0 Å². The van der Waals surface area contributed by atoms with Gasteiger partial charge in [-0.2, -0.15) is 5.10 Å². The largest absolute Gasteiger partial charge is 0.385 e. The number of hydrogen-bond acceptors (Lipinski definition) is 3. The molecule has 0 saturated heterocycles. The van der Waals surface area contributed by atoms with E-state index in [0.29, 0.717) is 0 Å². The Hall–Kier alpha value is -1.65. The summed E-state index contributed by atoms with van der Waals surface area (Å²) in [5.74, 6) is 0. The van der Waals surface area contributed by atoms with E-state index >= 15 is 0 Å². The Morgan fingerprint density at radius 3 is 2.74 bits per heavy atom. The van der Waals surface area contributed by atoms with Crippen molar-refractivity contribution in [3.05, 3.63) is 48.3 Å². The third kappa shape index (κ3) is 3.43. The average Bonchev–Trinajstić information content (AvgIpc) is 2.94. The lowest BCUT2D eigenvalue weighted by Gasteiger charge is -2.18. The lowest BCUT2D eigenvalue weighted by Crippen LogP contribution is -2.20. The second-order valence-electron chi connectivity index (χ2n) is 4.48. The van der Waals surface area contributed by atoms with Gasteiger partial charge in [0.1, 0.15) is 0 Å². The molecule has 0 fully saturated rings. The van der Waals surface area contributed by atoms with Crippen LogP contribution in [0.4, 0.5) is 0 Å². The van der Waals surface area contributed by atoms with Crippen molar-refractivity contribution >= 4 is 0 Å². The average molecular weight is 259 g/mol. The van der Waals surface area contributed by atoms with Crippen LogP contribution in [-0.2, 0) is 4.74 Å². The highest BCUT2D eigenvalue weighted by Crippen LogP contribution is 2.20. The predicted molar refractivity (Wildman–Crippen MR) is 76.5 cm³/mol. The number of aromatic nitrogens is 2. The van der Waals surface area contributed by atoms with Crippen LogP contribution in [0.25, 0.3) is 5.69 Å². The smallest absolute Gasteiger partial charge is 0.0649 e. The summed E-state index contributed by atoms with van der Waals surface area (Å²) in [6.45, 7) is 0.789. The van der Waals surface area contributed by atoms with Crippen LogP contribution < -0.4 is 5.32 Å². The molecule has 0 radical (unpaired) electrons. The van der Waals surface area contributed by atoms with E-state index in [1.54, 1.807) is 7.11 Å². The van der Waals surface area contributed by atoms with Gasteiger partial charge in [0.05, 0.1) is 11.4 Å². The fourth-order valence-corrected chi connectivity index (χ4v) is 2.23. The topological polar surface area (TPSA) is 39.1 Å². The molecule has 0 spiro atoms. The Morgan fingerprint density at radius 1 is 1.26 bits per heavy atom. The van der Waals surface area contributed by atoms with Gasteiger partial charge in [0.15, 0.2) is 0 Å². The summed E-state index contributed by atoms with van der Waals surface area (Å²) in [5, 5.41) is 7.79. The first-order valence-electron chi connectivity index (χ1n) is 6.62. The summed E-state index contributed by atoms with van der Waals surface area (Å²) in [6, 6.07) is 12.6. The number of ether oxygens (including phenoxy) is 1. The van der Waals surface area contributed by atoms with Crippen molar-refractivity contribution in [3.8, 4) is 5.69 Å². The Kier molecular flexibility index (Phi) is 5.12. The van der Waals surface area contributed by atoms with E-state index < -0.39 is 0 Å². The molecule has 4 nitrogen and oxygen atoms in total. The summed E-state index contributed by atoms with van der Waals surface area (Å²) in [4.78, 5) is 0. The van der Waals surface area contributed by atoms with Crippen LogP contribution in [0.15, 0.2) is 42.6 Å². The van der Waals surface area contributed by atoms with E-state index in [4.69, 9.17) is 4.74 Å². The van der Waals surface area contributed by atoms with Gasteiger partial charge in [0.2, 0.25) is 0 Å². The van der Waals surface area contributed by atoms with Gasteiger partial charge >= 0.3 is 0 Å². The minimum Gasteiger partial charge on any atom is -0.385 e. The molecular formula is C15H21N3O. The van der Waals surface area contributed by atoms with Crippen molar-refractivity contribution < 1.29 is 4.74 Å². The Morgan fingerprint density at radius 2 is 2.05 bits per heavy atom. The van der Waals surface area contributed by atoms with E-state index in [-0.39, 0.29) is 6.04 Å². The molecule has 1 aromatic carbocycles. The van der Waals surface area contributed by atoms with Crippen molar-refractivity contribution in [3.63, 3.8) is 0 Å². The normalized spacial score (nSPS) is 12.5. The second kappa shape index (κ2) is 7.07. The van der Waals surface area contributed by atoms with E-state index in [9.17, 15) is 0 Å². The quantitative estimate of drug-likeness (QED) is 0.777. The van der Waals surface area contributed by atoms with Gasteiger partial charge in [-0.25, -0.2) is 4.68 Å². The van der Waals surface area contributed by atoms with E-state index in [0.717, 1.165) is 25.1 Å². The molecule has 2 aromatic rings. The van der Waals surface area contributed by atoms with Crippen molar-refractivity contribution in [2.45, 2.75) is 18.9 Å². The van der Waals surface area contributed by atoms with Crippen molar-refractivity contribution in [2.24, 2.45) is 0 Å². The second-order valence-corrected chi connectivity index (χ2v) is 4.48. The summed E-state index contributed by atoms with van der Waals surface area (Å²) < 4.78 is 7.11. The van der Waals surface area contributed by atoms with Gasteiger partial charge in [-0.1, -0.05) is 18.2 Å². The minimum atomic E-state index is 0.290. The molecule has 0 saturated carbocycles. The maximum absolute atomic E-state index is 5.12. The molecule has 1 aromatic heterocycles. The Labute approximate surface area is 114 Å². The third-order valence-electron chi connectivity index (χ3n) is 3.22. The van der Waals surface area contributed by atoms with Crippen molar-refractivity contribution in [1.29, 1.82) is 0 Å². The number of para-hydroxylation sites is 1. The van der Waals surface area contributed by atoms with Gasteiger partial charge < -0.3 is 10.1 Å². The SMILES string of the molecule is CNC(CCCOC)c1ccnn1-c1ccccc1. The third-order valence-corrected chi connectivity index (χ3v) is 3.22. The van der Waals surface area contributed by atoms with Crippen LogP contribution in [0.1, 0.15) is 24.6 Å². The zero-order valence-electron chi connectivity index (χ0n) is 11.5. The monoisotopic (exact) mass is 259 g/mol. The number of benzene rings is 1. The van der Waals surface area contributed by atoms with Gasteiger partial charge in [-0.05, 0) is 38.1 Å². The van der Waals surface area contributed by atoms with Gasteiger partial charge in [-0.3, -0.25) is 0 Å². The molecular weight excluding hydrogens is 238 g/mol. The van der Waals surface area contributed by atoms with Crippen LogP contribution in [0.5, 0.6) is 0 Å². The molecule has 0 aliphatic carbocycles. The molecule has 0 amide bonds. The molecule has 2 rings (SSSR count). The number of nitrogens with zero attached hydrogens (tertiary/aromatic N) is 2. The molecule has 4 heteroatoms. The summed E-state index contributed by atoms with van der Waals surface area (Å²) in [5.41, 5.74) is 2.28. The van der Waals surface area contributed by atoms with Crippen LogP contribution in [-0.4, -0.2) is 30.5 Å². The van der Waals surface area contributed by atoms with Crippen LogP contribution >= 0.6 is 0 Å². The molecule has 19 heavy (non-hydrogen) atoms. The maximum atomic E-state index is 5.12. The van der Waals surface area contributed by atoms with Crippen molar-refractivity contribution in [2.75, 3.05) is 20.8 Å². The van der Waals surface area contributed by atoms with E-state index in [2.05, 4.69) is 28.6 Å². The highest BCUT2D eigenvalue weighted by molar-refractivity contribution is 5.33. The summed E-state index contributed by atoms with van der Waals surface area (Å²) in [7, 11) is 3.72. The molecule has 1 atom stereocenters. The van der Waals surface area contributed by atoms with Crippen molar-refractivity contribution in [1.82, 2.24) is 15.1 Å². The molecule has 1 N–H and O–H groups in total. The zero-order chi connectivity index (χ0) is 13.5. The molecule has 102 valence electrons. The lowest BCUT2D eigenvalue weighted by atomic mass is 10.1. The van der Waals surface area contributed by atoms with Gasteiger partial charge in [0, 0.05) is 26.0 Å². The fraction of sp³-hybridized carbons (Fsp3) is 0.400. The number of methoxy groups -OCH3 is 1. The standard InChI is InChI=1S/C15H21N3O/c1-16-14(9-6-12-19-2)15-10-11-17-18(15)13-7-4-3-5-8-13/h3-5,7-8,10-11,14,16H,6,9,12H2,1-2H3. The van der Waals surface area contributed by atoms with E-state index in [1.807, 2.05) is 36.1 Å². The highest BCUT2D eigenvalue weighted by Gasteiger charge is 2.14. The van der Waals surface area contributed by atoms with E-state index in [1.165, 1.54) is 5.69 Å². The first-order chi connectivity index (χ1) is 9.36. The summed E-state index contributed by atoms with van der Waals surface area (Å²) in [6.07, 6.45) is 3.91. The zero-order valence-corrected chi connectivity index (χ0v) is 11.5. The number of rotatable bonds is 7. The first-order valence-corrected chi connectivity index (χ1v) is 6.62. The lowest BCUT2D eigenvalue weighted by molar-refractivity contribution is 0.189.